The molecule has 9 rings (SSSR count). The van der Waals surface area contributed by atoms with Crippen molar-refractivity contribution in [3.05, 3.63) is 64.6 Å². The number of nitrogens with zero attached hydrogens (tertiary/aromatic N) is 2. The van der Waals surface area contributed by atoms with Crippen molar-refractivity contribution in [2.24, 2.45) is 17.8 Å². The van der Waals surface area contributed by atoms with Crippen LogP contribution in [0.15, 0.2) is 36.4 Å². The maximum absolute atomic E-state index is 16.7. The van der Waals surface area contributed by atoms with Crippen LogP contribution in [0.25, 0.3) is 10.9 Å². The highest BCUT2D eigenvalue weighted by Crippen LogP contribution is 2.65. The minimum absolute atomic E-state index is 0.117. The van der Waals surface area contributed by atoms with Crippen LogP contribution in [0.4, 0.5) is 14.5 Å². The van der Waals surface area contributed by atoms with E-state index in [2.05, 4.69) is 57.4 Å². The number of likely N-dealkylation sites (tertiary alicyclic amines) is 1. The monoisotopic (exact) mass is 546 g/mol. The number of aliphatic hydroxyl groups excluding tert-OH is 1. The first-order valence-electron chi connectivity index (χ1n) is 15.4. The summed E-state index contributed by atoms with van der Waals surface area (Å²) < 4.78 is 29.4. The van der Waals surface area contributed by atoms with E-state index in [0.717, 1.165) is 73.3 Å². The van der Waals surface area contributed by atoms with E-state index in [1.165, 1.54) is 10.9 Å². The van der Waals surface area contributed by atoms with Crippen molar-refractivity contribution in [1.82, 2.24) is 14.8 Å². The Balaban J connectivity index is 1.24. The van der Waals surface area contributed by atoms with Gasteiger partial charge in [0.25, 0.3) is 0 Å². The second-order valence-corrected chi connectivity index (χ2v) is 13.2. The molecule has 3 unspecified atom stereocenters. The average molecular weight is 547 g/mol. The van der Waals surface area contributed by atoms with Crippen LogP contribution in [-0.4, -0.2) is 70.9 Å². The molecule has 7 heteroatoms. The van der Waals surface area contributed by atoms with Gasteiger partial charge in [0.1, 0.15) is 5.82 Å². The molecular formula is C33H40F2N4O. The van der Waals surface area contributed by atoms with Crippen molar-refractivity contribution in [1.29, 1.82) is 0 Å². The number of fused-ring (bicyclic) bond motifs is 8. The molecule has 3 aliphatic heterocycles. The van der Waals surface area contributed by atoms with Gasteiger partial charge in [0.15, 0.2) is 0 Å². The van der Waals surface area contributed by atoms with Gasteiger partial charge in [-0.2, -0.15) is 0 Å². The zero-order valence-corrected chi connectivity index (χ0v) is 23.3. The summed E-state index contributed by atoms with van der Waals surface area (Å²) in [5.41, 5.74) is 6.49. The highest BCUT2D eigenvalue weighted by molar-refractivity contribution is 5.85. The Hall–Kier alpha value is -2.48. The number of aliphatic hydroxyl groups is 1. The predicted octanol–water partition coefficient (Wildman–Crippen LogP) is 5.60. The Labute approximate surface area is 234 Å². The van der Waals surface area contributed by atoms with Crippen LogP contribution < -0.4 is 5.32 Å². The third kappa shape index (κ3) is 3.66. The topological polar surface area (TPSA) is 54.5 Å². The zero-order valence-electron chi connectivity index (χ0n) is 23.3. The summed E-state index contributed by atoms with van der Waals surface area (Å²) in [4.78, 5) is 8.70. The molecule has 5 nitrogen and oxygen atoms in total. The van der Waals surface area contributed by atoms with Crippen molar-refractivity contribution in [2.75, 3.05) is 38.2 Å². The Kier molecular flexibility index (Phi) is 6.02. The van der Waals surface area contributed by atoms with Gasteiger partial charge in [-0.25, -0.2) is 4.39 Å². The molecule has 4 fully saturated rings. The summed E-state index contributed by atoms with van der Waals surface area (Å²) in [6.45, 7) is 4.86. The van der Waals surface area contributed by atoms with Gasteiger partial charge in [0.2, 0.25) is 0 Å². The van der Waals surface area contributed by atoms with E-state index in [9.17, 15) is 9.50 Å². The number of rotatable bonds is 6. The van der Waals surface area contributed by atoms with E-state index < -0.39 is 0 Å². The summed E-state index contributed by atoms with van der Waals surface area (Å²) in [5.74, 6) is 1.36. The lowest BCUT2D eigenvalue weighted by Crippen LogP contribution is -2.60. The van der Waals surface area contributed by atoms with Gasteiger partial charge in [0, 0.05) is 72.2 Å². The standard InChI is InChI=1S/C33H40F2N4O/c1-18-11-24-22-5-2-3-6-28(22)37-32(24)33-31-26(30-23-15-25(30)29(39(18)33)12-19(23)17-40)13-21(14-27(31)35)36-20-7-10-38(16-20)9-4-8-34/h2-3,5-6,13-14,18-20,23,25,29-30,33,36-37,40H,4,7-12,15-17H2,1H3/t18-,19-,20+,23?,25?,29-,30?,33-/m1/s1. The van der Waals surface area contributed by atoms with Gasteiger partial charge in [-0.1, -0.05) is 18.2 Å². The number of halogens is 2. The molecule has 0 spiro atoms. The van der Waals surface area contributed by atoms with E-state index in [-0.39, 0.29) is 49.1 Å². The smallest absolute Gasteiger partial charge is 0.130 e. The molecule has 2 aromatic carbocycles. The number of hydrogen-bond donors (Lipinski definition) is 3. The maximum Gasteiger partial charge on any atom is 0.130 e. The van der Waals surface area contributed by atoms with Gasteiger partial charge < -0.3 is 20.3 Å². The maximum atomic E-state index is 16.7. The van der Waals surface area contributed by atoms with Crippen molar-refractivity contribution >= 4 is 16.6 Å². The molecule has 8 atom stereocenters. The van der Waals surface area contributed by atoms with Crippen LogP contribution in [0, 0.1) is 23.6 Å². The number of H-pyrrole nitrogens is 1. The molecule has 4 heterocycles. The van der Waals surface area contributed by atoms with E-state index in [4.69, 9.17) is 0 Å². The summed E-state index contributed by atoms with van der Waals surface area (Å²) in [6.07, 6.45) is 4.63. The molecule has 0 amide bonds. The Morgan fingerprint density at radius 2 is 2.02 bits per heavy atom. The van der Waals surface area contributed by atoms with E-state index in [0.29, 0.717) is 24.3 Å². The fourth-order valence-corrected chi connectivity index (χ4v) is 9.53. The van der Waals surface area contributed by atoms with Crippen molar-refractivity contribution < 1.29 is 13.9 Å². The van der Waals surface area contributed by atoms with Crippen LogP contribution >= 0.6 is 0 Å². The summed E-state index contributed by atoms with van der Waals surface area (Å²) >= 11 is 0. The number of para-hydroxylation sites is 1. The molecule has 212 valence electrons. The summed E-state index contributed by atoms with van der Waals surface area (Å²) in [7, 11) is 0. The van der Waals surface area contributed by atoms with Crippen LogP contribution in [0.2, 0.25) is 0 Å². The molecule has 3 aliphatic carbocycles. The first-order chi connectivity index (χ1) is 19.6. The summed E-state index contributed by atoms with van der Waals surface area (Å²) in [6, 6.07) is 13.2. The number of alkyl halides is 1. The zero-order chi connectivity index (χ0) is 27.1. The van der Waals surface area contributed by atoms with E-state index in [1.54, 1.807) is 6.07 Å². The van der Waals surface area contributed by atoms with Gasteiger partial charge in [0.05, 0.1) is 12.7 Å². The lowest BCUT2D eigenvalue weighted by molar-refractivity contribution is -0.0897. The van der Waals surface area contributed by atoms with Crippen LogP contribution in [0.1, 0.15) is 67.0 Å². The quantitative estimate of drug-likeness (QED) is 0.377. The molecule has 1 saturated heterocycles. The van der Waals surface area contributed by atoms with Crippen LogP contribution in [0.3, 0.4) is 0 Å². The van der Waals surface area contributed by atoms with Gasteiger partial charge in [-0.3, -0.25) is 9.29 Å². The lowest BCUT2D eigenvalue weighted by atomic mass is 9.49. The molecule has 4 bridgehead atoms. The van der Waals surface area contributed by atoms with Crippen molar-refractivity contribution in [2.45, 2.75) is 69.1 Å². The first-order valence-corrected chi connectivity index (χ1v) is 15.4. The molecule has 3 N–H and O–H groups in total. The second kappa shape index (κ2) is 9.53. The first kappa shape index (κ1) is 25.2. The third-order valence-electron chi connectivity index (χ3n) is 11.2. The predicted molar refractivity (Wildman–Crippen MR) is 154 cm³/mol. The van der Waals surface area contributed by atoms with Crippen LogP contribution in [-0.2, 0) is 6.42 Å². The fourth-order valence-electron chi connectivity index (χ4n) is 9.53. The number of hydrogen-bond acceptors (Lipinski definition) is 4. The average Bonchev–Trinajstić information content (AvgIpc) is 3.53. The molecule has 40 heavy (non-hydrogen) atoms. The Bertz CT molecular complexity index is 1440. The molecule has 3 saturated carbocycles. The van der Waals surface area contributed by atoms with E-state index >= 15 is 4.39 Å². The normalized spacial score (nSPS) is 34.6. The number of benzene rings is 2. The van der Waals surface area contributed by atoms with Crippen molar-refractivity contribution in [3.63, 3.8) is 0 Å². The molecular weight excluding hydrogens is 506 g/mol. The highest BCUT2D eigenvalue weighted by atomic mass is 19.1. The molecule has 1 aromatic heterocycles. The fraction of sp³-hybridized carbons (Fsp3) is 0.576. The second-order valence-electron chi connectivity index (χ2n) is 13.2. The SMILES string of the molecule is C[C@@H]1Cc2c([nH]c3ccccc23)[C@H]2c3c(F)cc(N[C@H]4CCN(CCCF)C4)cc3C3C4CC3[C@@H](C[C@@H]4CO)N21. The number of anilines is 1. The lowest BCUT2D eigenvalue weighted by Gasteiger charge is -2.60. The number of aromatic amines is 1. The summed E-state index contributed by atoms with van der Waals surface area (Å²) in [5, 5.41) is 15.4. The number of nitrogens with one attached hydrogen (secondary N) is 2. The molecule has 3 aromatic rings. The Morgan fingerprint density at radius 1 is 1.15 bits per heavy atom. The third-order valence-corrected chi connectivity index (χ3v) is 11.2. The largest absolute Gasteiger partial charge is 0.396 e. The van der Waals surface area contributed by atoms with E-state index in [1.807, 2.05) is 0 Å². The van der Waals surface area contributed by atoms with Crippen molar-refractivity contribution in [3.8, 4) is 0 Å². The molecule has 0 radical (unpaired) electrons. The van der Waals surface area contributed by atoms with Gasteiger partial charge >= 0.3 is 0 Å². The number of aromatic nitrogens is 1. The minimum Gasteiger partial charge on any atom is -0.396 e. The minimum atomic E-state index is -0.279. The highest BCUT2D eigenvalue weighted by Gasteiger charge is 2.60. The van der Waals surface area contributed by atoms with Crippen LogP contribution in [0.5, 0.6) is 0 Å². The van der Waals surface area contributed by atoms with Gasteiger partial charge in [-0.05, 0) is 92.0 Å². The molecule has 6 aliphatic rings. The van der Waals surface area contributed by atoms with Gasteiger partial charge in [-0.15, -0.1) is 0 Å². The Morgan fingerprint density at radius 3 is 2.88 bits per heavy atom.